The summed E-state index contributed by atoms with van der Waals surface area (Å²) >= 11 is 5.16. The highest BCUT2D eigenvalue weighted by atomic mass is 35.5. The highest BCUT2D eigenvalue weighted by molar-refractivity contribution is 7.63. The summed E-state index contributed by atoms with van der Waals surface area (Å²) in [6.45, 7) is 21.2. The van der Waals surface area contributed by atoms with Gasteiger partial charge in [0.1, 0.15) is 7.14 Å². The first-order chi connectivity index (χ1) is 38.9. The normalized spacial score (nSPS) is 14.8. The summed E-state index contributed by atoms with van der Waals surface area (Å²) in [5.41, 5.74) is 8.11. The molecule has 0 aliphatic heterocycles. The number of rotatable bonds is 30. The lowest BCUT2D eigenvalue weighted by molar-refractivity contribution is -0.142. The van der Waals surface area contributed by atoms with E-state index in [0.717, 1.165) is 38.1 Å². The number of benzene rings is 4. The average molecular weight is 1260 g/mol. The number of hydrogen-bond donors (Lipinski definition) is 8. The molecule has 468 valence electrons. The van der Waals surface area contributed by atoms with Crippen molar-refractivity contribution < 1.29 is 62.4 Å². The molecule has 2 amide bonds. The van der Waals surface area contributed by atoms with Crippen LogP contribution in [0.2, 0.25) is 0 Å². The topological polar surface area (TPSA) is 297 Å². The van der Waals surface area contributed by atoms with E-state index in [0.29, 0.717) is 53.2 Å². The molecule has 0 aliphatic rings. The lowest BCUT2D eigenvalue weighted by Gasteiger charge is -2.18. The fraction of sp³-hybridized carbons (Fsp3) is 0.525. The molecule has 0 fully saturated rings. The molecule has 4 aromatic carbocycles. The second kappa shape index (κ2) is 45.8. The van der Waals surface area contributed by atoms with E-state index < -0.39 is 76.7 Å². The maximum absolute atomic E-state index is 12.4. The summed E-state index contributed by atoms with van der Waals surface area (Å²) in [4.78, 5) is 65.4. The second-order valence-corrected chi connectivity index (χ2v) is 34.0. The van der Waals surface area contributed by atoms with Crippen molar-refractivity contribution in [3.8, 4) is 0 Å². The van der Waals surface area contributed by atoms with Crippen LogP contribution in [0.25, 0.3) is 0 Å². The maximum atomic E-state index is 12.4. The van der Waals surface area contributed by atoms with Gasteiger partial charge in [-0.2, -0.15) is 0 Å². The van der Waals surface area contributed by atoms with E-state index in [1.54, 1.807) is 74.9 Å². The van der Waals surface area contributed by atoms with Gasteiger partial charge in [-0.3, -0.25) is 28.5 Å². The van der Waals surface area contributed by atoms with Crippen molar-refractivity contribution in [1.82, 2.24) is 16.0 Å². The van der Waals surface area contributed by atoms with Crippen LogP contribution < -0.4 is 21.7 Å². The van der Waals surface area contributed by atoms with Crippen molar-refractivity contribution in [3.63, 3.8) is 0 Å². The Morgan fingerprint density at radius 2 is 0.880 bits per heavy atom. The number of aliphatic carboxylic acids is 2. The van der Waals surface area contributed by atoms with Crippen molar-refractivity contribution >= 4 is 69.4 Å². The third kappa shape index (κ3) is 44.6. The fourth-order valence-electron chi connectivity index (χ4n) is 8.35. The molecule has 83 heavy (non-hydrogen) atoms. The molecule has 0 saturated carbocycles. The molecule has 0 aromatic heterocycles. The Morgan fingerprint density at radius 1 is 0.530 bits per heavy atom. The number of carboxylic acid groups (broad SMARTS) is 2. The lowest BCUT2D eigenvalue weighted by atomic mass is 10.1. The number of carbonyl (C=O) groups excluding carboxylic acids is 3. The SMILES string of the molecule is CCCC(C)CP(C)(=O)CN.CCCC(C)CP(C)(=O)CNC(=O)c1ccccc1.CCCC(C)CP(C)(=O)CNCc1ccccc1.CCO.O=C(Cl)c1ccccc1.O=C(O)CCC(CP(=O)(O)CNC(=O)c1ccccc1)C(=O)O. The summed E-state index contributed by atoms with van der Waals surface area (Å²) < 4.78 is 48.4. The Labute approximate surface area is 501 Å². The smallest absolute Gasteiger partial charge is 0.307 e. The van der Waals surface area contributed by atoms with Crippen molar-refractivity contribution in [2.24, 2.45) is 29.4 Å². The Balaban J connectivity index is 0. The molecule has 17 nitrogen and oxygen atoms in total. The van der Waals surface area contributed by atoms with Crippen LogP contribution in [0.1, 0.15) is 136 Å². The molecule has 4 aromatic rings. The van der Waals surface area contributed by atoms with Gasteiger partial charge < -0.3 is 55.6 Å². The largest absolute Gasteiger partial charge is 0.481 e. The van der Waals surface area contributed by atoms with E-state index in [-0.39, 0.29) is 25.2 Å². The van der Waals surface area contributed by atoms with Gasteiger partial charge in [0, 0.05) is 73.5 Å². The summed E-state index contributed by atoms with van der Waals surface area (Å²) in [6, 6.07) is 36.1. The van der Waals surface area contributed by atoms with Crippen molar-refractivity contribution in [2.75, 3.05) is 76.4 Å². The molecule has 0 bridgehead atoms. The fourth-order valence-corrected chi connectivity index (χ4v) is 16.0. The molecular formula is C61H99ClN4O13P4. The number of nitrogens with two attached hydrogens (primary N) is 1. The summed E-state index contributed by atoms with van der Waals surface area (Å²) in [5.74, 6) is -2.87. The lowest BCUT2D eigenvalue weighted by Crippen LogP contribution is -2.27. The molecule has 8 unspecified atom stereocenters. The minimum atomic E-state index is -3.94. The molecule has 0 saturated heterocycles. The Bertz CT molecular complexity index is 2610. The highest BCUT2D eigenvalue weighted by Gasteiger charge is 2.30. The third-order valence-electron chi connectivity index (χ3n) is 12.1. The van der Waals surface area contributed by atoms with E-state index >= 15 is 0 Å². The van der Waals surface area contributed by atoms with E-state index in [1.165, 1.54) is 37.0 Å². The third-order valence-corrected chi connectivity index (χ3v) is 20.7. The van der Waals surface area contributed by atoms with Crippen LogP contribution in [-0.4, -0.2) is 126 Å². The van der Waals surface area contributed by atoms with Crippen LogP contribution >= 0.6 is 40.4 Å². The average Bonchev–Trinajstić information content (AvgIpc) is 3.47. The molecule has 0 radical (unpaired) electrons. The molecule has 22 heteroatoms. The Hall–Kier alpha value is -4.52. The molecule has 8 atom stereocenters. The van der Waals surface area contributed by atoms with Crippen LogP contribution in [0.5, 0.6) is 0 Å². The number of nitrogens with one attached hydrogen (secondary N) is 3. The van der Waals surface area contributed by atoms with Crippen LogP contribution in [0, 0.1) is 23.7 Å². The number of aliphatic hydroxyl groups is 1. The zero-order valence-corrected chi connectivity index (χ0v) is 55.1. The summed E-state index contributed by atoms with van der Waals surface area (Å²) in [7, 11) is -10.2. The van der Waals surface area contributed by atoms with Gasteiger partial charge in [-0.25, -0.2) is 0 Å². The van der Waals surface area contributed by atoms with Crippen LogP contribution in [0.15, 0.2) is 121 Å². The zero-order valence-electron chi connectivity index (χ0n) is 50.8. The van der Waals surface area contributed by atoms with Gasteiger partial charge in [0.2, 0.25) is 7.37 Å². The van der Waals surface area contributed by atoms with Gasteiger partial charge in [-0.1, -0.05) is 177 Å². The van der Waals surface area contributed by atoms with Crippen LogP contribution in [-0.2, 0) is 34.4 Å². The highest BCUT2D eigenvalue weighted by Crippen LogP contribution is 2.44. The van der Waals surface area contributed by atoms with E-state index in [4.69, 9.17) is 32.7 Å². The van der Waals surface area contributed by atoms with E-state index in [1.807, 2.05) is 49.1 Å². The van der Waals surface area contributed by atoms with Crippen molar-refractivity contribution in [1.29, 1.82) is 0 Å². The van der Waals surface area contributed by atoms with E-state index in [9.17, 15) is 47.1 Å². The molecule has 9 N–H and O–H groups in total. The van der Waals surface area contributed by atoms with E-state index in [2.05, 4.69) is 69.6 Å². The van der Waals surface area contributed by atoms with Crippen LogP contribution in [0.3, 0.4) is 0 Å². The van der Waals surface area contributed by atoms with Gasteiger partial charge in [0.05, 0.1) is 32.8 Å². The number of carboxylic acids is 2. The first kappa shape index (κ1) is 80.5. The Kier molecular flexibility index (Phi) is 44.4. The number of hydrogen-bond acceptors (Lipinski definition) is 12. The van der Waals surface area contributed by atoms with Crippen LogP contribution in [0.4, 0.5) is 0 Å². The predicted octanol–water partition coefficient (Wildman–Crippen LogP) is 13.6. The first-order valence-corrected chi connectivity index (χ1v) is 38.3. The van der Waals surface area contributed by atoms with Gasteiger partial charge in [0.25, 0.3) is 17.1 Å². The zero-order chi connectivity index (χ0) is 63.5. The standard InChI is InChI=1S/C15H24NO2P.C15H26NOP.C14H18NO7P.C8H20NOP.C7H5ClO.C2H6O/c1-4-8-13(2)11-19(3,18)12-16-15(17)14-9-6-5-7-10-14;1-4-8-14(2)12-18(3,17)13-16-11-15-9-6-5-7-10-15;16-12(17)7-6-11(14(19)20)8-23(21,22)9-15-13(18)10-4-2-1-3-5-10;1-4-5-8(2)6-11(3,10)7-9;8-7(9)6-4-2-1-3-5-6;1-2-3/h5-7,9-10,13H,4,8,11-12H2,1-3H3,(H,16,17);5-7,9-10,14,16H,4,8,11-13H2,1-3H3;1-5,11H,6-9H2,(H,15,18)(H,16,17)(H,19,20)(H,21,22);8H,4-7,9H2,1-3H3;1-5H;3H,2H2,1H3. The quantitative estimate of drug-likeness (QED) is 0.0178. The predicted molar refractivity (Wildman–Crippen MR) is 344 cm³/mol. The second-order valence-electron chi connectivity index (χ2n) is 21.4. The minimum absolute atomic E-state index is 0.147. The monoisotopic (exact) mass is 1250 g/mol. The molecule has 4 rings (SSSR count). The van der Waals surface area contributed by atoms with Crippen molar-refractivity contribution in [3.05, 3.63) is 144 Å². The molecule has 0 aliphatic carbocycles. The molecule has 0 spiro atoms. The Morgan fingerprint density at radius 3 is 1.22 bits per heavy atom. The van der Waals surface area contributed by atoms with Gasteiger partial charge in [-0.05, 0) is 92.5 Å². The number of aliphatic hydroxyl groups excluding tert-OH is 1. The van der Waals surface area contributed by atoms with Gasteiger partial charge in [0.15, 0.2) is 0 Å². The van der Waals surface area contributed by atoms with Gasteiger partial charge in [-0.15, -0.1) is 0 Å². The molecule has 0 heterocycles. The van der Waals surface area contributed by atoms with Gasteiger partial charge >= 0.3 is 11.9 Å². The first-order valence-electron chi connectivity index (χ1n) is 28.3. The van der Waals surface area contributed by atoms with Crippen molar-refractivity contribution in [2.45, 2.75) is 106 Å². The summed E-state index contributed by atoms with van der Waals surface area (Å²) in [6.07, 6.45) is 8.75. The summed E-state index contributed by atoms with van der Waals surface area (Å²) in [5, 5.41) is 33.1. The molecular weight excluding hydrogens is 1160 g/mol. The number of carbonyl (C=O) groups is 5. The number of halogens is 1. The number of amides is 2. The minimum Gasteiger partial charge on any atom is -0.481 e. The maximum Gasteiger partial charge on any atom is 0.307 e.